The summed E-state index contributed by atoms with van der Waals surface area (Å²) in [6.07, 6.45) is 4.97. The molecule has 0 bridgehead atoms. The van der Waals surface area contributed by atoms with Gasteiger partial charge in [0.25, 0.3) is 5.91 Å². The van der Waals surface area contributed by atoms with Crippen LogP contribution in [0.5, 0.6) is 5.75 Å². The molecule has 0 saturated carbocycles. The number of ether oxygens (including phenoxy) is 2. The molecule has 1 amide bonds. The van der Waals surface area contributed by atoms with E-state index in [0.717, 1.165) is 11.3 Å². The van der Waals surface area contributed by atoms with Crippen LogP contribution in [0.3, 0.4) is 0 Å². The van der Waals surface area contributed by atoms with E-state index in [1.807, 2.05) is 38.1 Å². The van der Waals surface area contributed by atoms with E-state index in [0.29, 0.717) is 24.7 Å². The normalized spacial score (nSPS) is 10.7. The van der Waals surface area contributed by atoms with Crippen molar-refractivity contribution in [3.63, 3.8) is 0 Å². The summed E-state index contributed by atoms with van der Waals surface area (Å²) in [5.74, 6) is 0.478. The number of benzene rings is 1. The Bertz CT molecular complexity index is 871. The van der Waals surface area contributed by atoms with Gasteiger partial charge in [0.05, 0.1) is 18.1 Å². The van der Waals surface area contributed by atoms with Gasteiger partial charge in [-0.15, -0.1) is 0 Å². The van der Waals surface area contributed by atoms with E-state index in [1.54, 1.807) is 34.0 Å². The molecule has 0 aliphatic heterocycles. The van der Waals surface area contributed by atoms with Crippen LogP contribution in [-0.4, -0.2) is 32.1 Å². The fourth-order valence-electron chi connectivity index (χ4n) is 2.29. The number of para-hydroxylation sites is 1. The van der Waals surface area contributed by atoms with E-state index in [1.165, 1.54) is 0 Å². The number of aryl methyl sites for hydroxylation is 1. The Balaban J connectivity index is 1.56. The summed E-state index contributed by atoms with van der Waals surface area (Å²) < 4.78 is 14.1. The second kappa shape index (κ2) is 8.30. The zero-order valence-electron chi connectivity index (χ0n) is 14.8. The van der Waals surface area contributed by atoms with Gasteiger partial charge in [-0.25, -0.2) is 9.36 Å². The first kappa shape index (κ1) is 17.7. The molecule has 0 unspecified atom stereocenters. The number of hydrogen-bond acceptors (Lipinski definition) is 5. The number of aromatic nitrogens is 4. The monoisotopic (exact) mass is 355 g/mol. The Hall–Kier alpha value is -3.13. The maximum atomic E-state index is 12.3. The zero-order chi connectivity index (χ0) is 18.4. The first-order valence-electron chi connectivity index (χ1n) is 8.29. The van der Waals surface area contributed by atoms with Crippen molar-refractivity contribution >= 4 is 11.6 Å². The number of carbonyl (C=O) groups is 1. The predicted octanol–water partition coefficient (Wildman–Crippen LogP) is 2.67. The first-order valence-corrected chi connectivity index (χ1v) is 8.29. The van der Waals surface area contributed by atoms with Crippen LogP contribution >= 0.6 is 0 Å². The van der Waals surface area contributed by atoms with Crippen LogP contribution in [0.25, 0.3) is 0 Å². The highest BCUT2D eigenvalue weighted by molar-refractivity contribution is 6.02. The van der Waals surface area contributed by atoms with Crippen LogP contribution in [0.1, 0.15) is 23.0 Å². The van der Waals surface area contributed by atoms with Crippen molar-refractivity contribution in [2.24, 2.45) is 0 Å². The highest BCUT2D eigenvalue weighted by Gasteiger charge is 2.11. The Morgan fingerprint density at radius 1 is 1.19 bits per heavy atom. The van der Waals surface area contributed by atoms with Gasteiger partial charge in [-0.05, 0) is 31.5 Å². The molecular formula is C18H21N5O3. The topological polar surface area (TPSA) is 83.2 Å². The van der Waals surface area contributed by atoms with Crippen LogP contribution in [-0.2, 0) is 18.2 Å². The minimum atomic E-state index is -0.310. The summed E-state index contributed by atoms with van der Waals surface area (Å²) in [6, 6.07) is 9.38. The Morgan fingerprint density at radius 2 is 2.04 bits per heavy atom. The molecule has 3 aromatic rings. The SMILES string of the molecule is CCOCn1cc(NC(=O)c2ccn(COc3ccccc3C)n2)cn1. The zero-order valence-corrected chi connectivity index (χ0v) is 14.8. The number of amides is 1. The number of nitrogens with one attached hydrogen (secondary N) is 1. The van der Waals surface area contributed by atoms with Gasteiger partial charge in [-0.1, -0.05) is 18.2 Å². The summed E-state index contributed by atoms with van der Waals surface area (Å²) in [5, 5.41) is 11.1. The van der Waals surface area contributed by atoms with E-state index < -0.39 is 0 Å². The average Bonchev–Trinajstić information content (AvgIpc) is 3.29. The summed E-state index contributed by atoms with van der Waals surface area (Å²) in [7, 11) is 0. The quantitative estimate of drug-likeness (QED) is 0.672. The van der Waals surface area contributed by atoms with Crippen molar-refractivity contribution in [2.75, 3.05) is 11.9 Å². The lowest BCUT2D eigenvalue weighted by molar-refractivity contribution is 0.0792. The smallest absolute Gasteiger partial charge is 0.276 e. The van der Waals surface area contributed by atoms with Gasteiger partial charge in [-0.3, -0.25) is 4.79 Å². The molecule has 26 heavy (non-hydrogen) atoms. The fourth-order valence-corrected chi connectivity index (χ4v) is 2.29. The van der Waals surface area contributed by atoms with Crippen LogP contribution in [0.2, 0.25) is 0 Å². The van der Waals surface area contributed by atoms with Crippen molar-refractivity contribution in [1.82, 2.24) is 19.6 Å². The van der Waals surface area contributed by atoms with Gasteiger partial charge in [0.1, 0.15) is 12.5 Å². The molecule has 8 nitrogen and oxygen atoms in total. The molecule has 0 fully saturated rings. The number of carbonyl (C=O) groups excluding carboxylic acids is 1. The third-order valence-corrected chi connectivity index (χ3v) is 3.64. The molecule has 3 rings (SSSR count). The lowest BCUT2D eigenvalue weighted by Crippen LogP contribution is -2.14. The lowest BCUT2D eigenvalue weighted by atomic mass is 10.2. The van der Waals surface area contributed by atoms with E-state index in [2.05, 4.69) is 15.5 Å². The third kappa shape index (κ3) is 4.48. The van der Waals surface area contributed by atoms with Gasteiger partial charge in [0.2, 0.25) is 0 Å². The second-order valence-corrected chi connectivity index (χ2v) is 5.62. The highest BCUT2D eigenvalue weighted by Crippen LogP contribution is 2.16. The number of nitrogens with zero attached hydrogens (tertiary/aromatic N) is 4. The molecule has 0 saturated heterocycles. The van der Waals surface area contributed by atoms with Crippen LogP contribution in [0.4, 0.5) is 5.69 Å². The molecule has 2 aromatic heterocycles. The maximum absolute atomic E-state index is 12.3. The summed E-state index contributed by atoms with van der Waals surface area (Å²) >= 11 is 0. The Morgan fingerprint density at radius 3 is 2.85 bits per heavy atom. The number of anilines is 1. The second-order valence-electron chi connectivity index (χ2n) is 5.62. The molecule has 1 aromatic carbocycles. The van der Waals surface area contributed by atoms with Crippen molar-refractivity contribution in [2.45, 2.75) is 27.3 Å². The molecule has 0 atom stereocenters. The molecule has 8 heteroatoms. The van der Waals surface area contributed by atoms with Crippen LogP contribution < -0.4 is 10.1 Å². The molecule has 2 heterocycles. The molecular weight excluding hydrogens is 334 g/mol. The molecule has 0 aliphatic rings. The van der Waals surface area contributed by atoms with Crippen LogP contribution in [0, 0.1) is 6.92 Å². The van der Waals surface area contributed by atoms with Crippen molar-refractivity contribution in [3.8, 4) is 5.75 Å². The van der Waals surface area contributed by atoms with Crippen molar-refractivity contribution in [3.05, 3.63) is 60.2 Å². The van der Waals surface area contributed by atoms with Gasteiger partial charge in [0, 0.05) is 12.8 Å². The van der Waals surface area contributed by atoms with Gasteiger partial charge in [-0.2, -0.15) is 10.2 Å². The molecule has 0 aliphatic carbocycles. The predicted molar refractivity (Wildman–Crippen MR) is 95.8 cm³/mol. The molecule has 136 valence electrons. The van der Waals surface area contributed by atoms with E-state index in [4.69, 9.17) is 9.47 Å². The Labute approximate surface area is 151 Å². The first-order chi connectivity index (χ1) is 12.7. The minimum Gasteiger partial charge on any atom is -0.471 e. The molecule has 1 N–H and O–H groups in total. The maximum Gasteiger partial charge on any atom is 0.276 e. The van der Waals surface area contributed by atoms with Crippen molar-refractivity contribution in [1.29, 1.82) is 0 Å². The van der Waals surface area contributed by atoms with Gasteiger partial charge < -0.3 is 14.8 Å². The Kier molecular flexibility index (Phi) is 5.65. The standard InChI is InChI=1S/C18H21N5O3/c1-3-25-12-23-11-15(10-19-23)20-18(24)16-8-9-22(21-16)13-26-17-7-5-4-6-14(17)2/h4-11H,3,12-13H2,1-2H3,(H,20,24). The number of hydrogen-bond donors (Lipinski definition) is 1. The molecule has 0 radical (unpaired) electrons. The van der Waals surface area contributed by atoms with Gasteiger partial charge >= 0.3 is 0 Å². The third-order valence-electron chi connectivity index (χ3n) is 3.64. The van der Waals surface area contributed by atoms with Crippen molar-refractivity contribution < 1.29 is 14.3 Å². The summed E-state index contributed by atoms with van der Waals surface area (Å²) in [4.78, 5) is 12.3. The average molecular weight is 355 g/mol. The fraction of sp³-hybridized carbons (Fsp3) is 0.278. The summed E-state index contributed by atoms with van der Waals surface area (Å²) in [6.45, 7) is 5.06. The van der Waals surface area contributed by atoms with E-state index in [-0.39, 0.29) is 12.6 Å². The largest absolute Gasteiger partial charge is 0.471 e. The van der Waals surface area contributed by atoms with Crippen LogP contribution in [0.15, 0.2) is 48.9 Å². The van der Waals surface area contributed by atoms with Gasteiger partial charge in [0.15, 0.2) is 12.4 Å². The van der Waals surface area contributed by atoms with E-state index in [9.17, 15) is 4.79 Å². The molecule has 0 spiro atoms. The van der Waals surface area contributed by atoms with E-state index >= 15 is 0 Å². The highest BCUT2D eigenvalue weighted by atomic mass is 16.5. The summed E-state index contributed by atoms with van der Waals surface area (Å²) in [5.41, 5.74) is 1.93. The minimum absolute atomic E-state index is 0.227. The lowest BCUT2D eigenvalue weighted by Gasteiger charge is -2.08. The number of rotatable bonds is 8.